The molecule has 3 aromatic rings. The van der Waals surface area contributed by atoms with Gasteiger partial charge in [0.25, 0.3) is 11.5 Å². The molecule has 38 heavy (non-hydrogen) atoms. The van der Waals surface area contributed by atoms with Gasteiger partial charge in [-0.1, -0.05) is 24.8 Å². The van der Waals surface area contributed by atoms with Crippen molar-refractivity contribution in [2.75, 3.05) is 11.4 Å². The predicted octanol–water partition coefficient (Wildman–Crippen LogP) is 3.09. The first kappa shape index (κ1) is 27.9. The smallest absolute Gasteiger partial charge is 0.326 e. The molecule has 10 heteroatoms. The topological polar surface area (TPSA) is 153 Å². The number of terminal acetylenes is 1. The highest BCUT2D eigenvalue weighted by atomic mass is 16.4. The second-order valence-corrected chi connectivity index (χ2v) is 8.97. The lowest BCUT2D eigenvalue weighted by Crippen LogP contribution is -2.40. The number of carboxylic acid groups (broad SMARTS) is 2. The maximum Gasteiger partial charge on any atom is 0.326 e. The molecule has 0 saturated carbocycles. The molecule has 3 rings (SSSR count). The van der Waals surface area contributed by atoms with E-state index >= 15 is 0 Å². The number of aromatic amines is 1. The fraction of sp³-hybridized carbons (Fsp3) is 0.321. The lowest BCUT2D eigenvalue weighted by molar-refractivity contribution is -0.140. The SMILES string of the molecule is C#CCN(Cc1ccc2nc(C)[nH]c(=O)c2c1)c1ccc(C(=O)N[C@@H](CCCCCC(=O)O)C(=O)O)cc1. The van der Waals surface area contributed by atoms with E-state index in [0.717, 1.165) is 11.3 Å². The summed E-state index contributed by atoms with van der Waals surface area (Å²) in [6.07, 6.45) is 7.32. The van der Waals surface area contributed by atoms with Crippen molar-refractivity contribution in [2.24, 2.45) is 0 Å². The Morgan fingerprint density at radius 2 is 1.84 bits per heavy atom. The largest absolute Gasteiger partial charge is 0.481 e. The van der Waals surface area contributed by atoms with Crippen LogP contribution in [0.15, 0.2) is 47.3 Å². The summed E-state index contributed by atoms with van der Waals surface area (Å²) in [4.78, 5) is 56.1. The number of hydrogen-bond donors (Lipinski definition) is 4. The van der Waals surface area contributed by atoms with Gasteiger partial charge >= 0.3 is 11.9 Å². The van der Waals surface area contributed by atoms with Crippen LogP contribution in [0, 0.1) is 19.3 Å². The predicted molar refractivity (Wildman–Crippen MR) is 143 cm³/mol. The van der Waals surface area contributed by atoms with E-state index in [9.17, 15) is 24.3 Å². The molecular weight excluding hydrogens is 488 g/mol. The molecule has 0 spiro atoms. The highest BCUT2D eigenvalue weighted by Gasteiger charge is 2.20. The van der Waals surface area contributed by atoms with Crippen molar-refractivity contribution >= 4 is 34.4 Å². The van der Waals surface area contributed by atoms with Crippen molar-refractivity contribution in [2.45, 2.75) is 51.6 Å². The van der Waals surface area contributed by atoms with Gasteiger partial charge in [0.2, 0.25) is 0 Å². The number of rotatable bonds is 13. The summed E-state index contributed by atoms with van der Waals surface area (Å²) in [5.41, 5.74) is 2.30. The van der Waals surface area contributed by atoms with Crippen LogP contribution >= 0.6 is 0 Å². The number of nitrogens with zero attached hydrogens (tertiary/aromatic N) is 2. The highest BCUT2D eigenvalue weighted by Crippen LogP contribution is 2.20. The van der Waals surface area contributed by atoms with E-state index in [4.69, 9.17) is 11.5 Å². The van der Waals surface area contributed by atoms with Gasteiger partial charge in [-0.15, -0.1) is 6.42 Å². The van der Waals surface area contributed by atoms with Gasteiger partial charge in [0.05, 0.1) is 17.4 Å². The van der Waals surface area contributed by atoms with Gasteiger partial charge in [0, 0.05) is 24.2 Å². The summed E-state index contributed by atoms with van der Waals surface area (Å²) in [7, 11) is 0. The van der Waals surface area contributed by atoms with Crippen LogP contribution < -0.4 is 15.8 Å². The minimum absolute atomic E-state index is 0.0309. The van der Waals surface area contributed by atoms with Crippen LogP contribution in [0.5, 0.6) is 0 Å². The molecule has 0 aliphatic carbocycles. The van der Waals surface area contributed by atoms with Gasteiger partial charge in [-0.05, 0) is 61.7 Å². The number of amides is 1. The van der Waals surface area contributed by atoms with Crippen molar-refractivity contribution in [1.82, 2.24) is 15.3 Å². The number of unbranched alkanes of at least 4 members (excludes halogenated alkanes) is 2. The Balaban J connectivity index is 1.67. The highest BCUT2D eigenvalue weighted by molar-refractivity contribution is 5.96. The zero-order valence-electron chi connectivity index (χ0n) is 21.1. The van der Waals surface area contributed by atoms with E-state index in [1.54, 1.807) is 43.3 Å². The number of nitrogens with one attached hydrogen (secondary N) is 2. The van der Waals surface area contributed by atoms with Gasteiger partial charge in [-0.25, -0.2) is 9.78 Å². The molecule has 0 bridgehead atoms. The molecule has 1 aromatic heterocycles. The number of benzene rings is 2. The fourth-order valence-electron chi connectivity index (χ4n) is 4.09. The Kier molecular flexibility index (Phi) is 9.60. The minimum Gasteiger partial charge on any atom is -0.481 e. The Morgan fingerprint density at radius 3 is 2.50 bits per heavy atom. The van der Waals surface area contributed by atoms with E-state index < -0.39 is 23.9 Å². The van der Waals surface area contributed by atoms with E-state index in [-0.39, 0.29) is 24.9 Å². The summed E-state index contributed by atoms with van der Waals surface area (Å²) in [6, 6.07) is 11.0. The van der Waals surface area contributed by atoms with Crippen molar-refractivity contribution in [1.29, 1.82) is 0 Å². The van der Waals surface area contributed by atoms with Gasteiger partial charge in [0.1, 0.15) is 11.9 Å². The third-order valence-electron chi connectivity index (χ3n) is 6.03. The number of H-pyrrole nitrogens is 1. The monoisotopic (exact) mass is 518 g/mol. The third-order valence-corrected chi connectivity index (χ3v) is 6.03. The number of carbonyl (C=O) groups is 3. The number of aliphatic carboxylic acids is 2. The van der Waals surface area contributed by atoms with Gasteiger partial charge in [-0.2, -0.15) is 0 Å². The number of carboxylic acids is 2. The molecule has 0 aliphatic heterocycles. The molecule has 4 N–H and O–H groups in total. The molecule has 1 heterocycles. The van der Waals surface area contributed by atoms with Crippen LogP contribution in [0.2, 0.25) is 0 Å². The molecule has 1 atom stereocenters. The first-order chi connectivity index (χ1) is 18.2. The summed E-state index contributed by atoms with van der Waals surface area (Å²) >= 11 is 0. The van der Waals surface area contributed by atoms with E-state index in [1.165, 1.54) is 0 Å². The quantitative estimate of drug-likeness (QED) is 0.199. The standard InChI is InChI=1S/C28H30N4O6/c1-3-15-32(17-19-9-14-23-22(16-19)27(36)30-18(2)29-23)21-12-10-20(11-13-21)26(35)31-24(28(37)38)7-5-4-6-8-25(33)34/h1,9-14,16,24H,4-8,15,17H2,2H3,(H,31,35)(H,33,34)(H,37,38)(H,29,30,36)/t24-/m0/s1. The first-order valence-electron chi connectivity index (χ1n) is 12.2. The van der Waals surface area contributed by atoms with Crippen molar-refractivity contribution in [3.05, 3.63) is 69.8 Å². The lowest BCUT2D eigenvalue weighted by Gasteiger charge is -2.23. The maximum absolute atomic E-state index is 12.7. The minimum atomic E-state index is -1.15. The molecule has 198 valence electrons. The Morgan fingerprint density at radius 1 is 1.11 bits per heavy atom. The van der Waals surface area contributed by atoms with E-state index in [0.29, 0.717) is 48.1 Å². The third kappa shape index (κ3) is 7.67. The van der Waals surface area contributed by atoms with Crippen LogP contribution in [-0.4, -0.2) is 50.6 Å². The van der Waals surface area contributed by atoms with Crippen LogP contribution in [0.4, 0.5) is 5.69 Å². The van der Waals surface area contributed by atoms with E-state index in [1.807, 2.05) is 11.0 Å². The van der Waals surface area contributed by atoms with E-state index in [2.05, 4.69) is 21.2 Å². The number of aromatic nitrogens is 2. The Hall–Kier alpha value is -4.65. The number of hydrogen-bond acceptors (Lipinski definition) is 6. The second-order valence-electron chi connectivity index (χ2n) is 8.97. The molecule has 10 nitrogen and oxygen atoms in total. The molecule has 0 radical (unpaired) electrons. The first-order valence-corrected chi connectivity index (χ1v) is 12.2. The van der Waals surface area contributed by atoms with Gasteiger partial charge < -0.3 is 25.4 Å². The lowest BCUT2D eigenvalue weighted by atomic mass is 10.1. The summed E-state index contributed by atoms with van der Waals surface area (Å²) < 4.78 is 0. The number of fused-ring (bicyclic) bond motifs is 1. The maximum atomic E-state index is 12.7. The molecular formula is C28H30N4O6. The summed E-state index contributed by atoms with van der Waals surface area (Å²) in [6.45, 7) is 2.43. The molecule has 0 saturated heterocycles. The van der Waals surface area contributed by atoms with Gasteiger partial charge in [-0.3, -0.25) is 14.4 Å². The van der Waals surface area contributed by atoms with Crippen molar-refractivity contribution in [3.8, 4) is 12.3 Å². The number of carbonyl (C=O) groups excluding carboxylic acids is 1. The van der Waals surface area contributed by atoms with Crippen LogP contribution in [-0.2, 0) is 16.1 Å². The average molecular weight is 519 g/mol. The zero-order valence-corrected chi connectivity index (χ0v) is 21.1. The summed E-state index contributed by atoms with van der Waals surface area (Å²) in [5, 5.41) is 21.2. The Bertz CT molecular complexity index is 1410. The van der Waals surface area contributed by atoms with Crippen LogP contribution in [0.1, 0.15) is 53.8 Å². The second kappa shape index (κ2) is 13.1. The van der Waals surface area contributed by atoms with Crippen molar-refractivity contribution < 1.29 is 24.6 Å². The zero-order chi connectivity index (χ0) is 27.7. The normalized spacial score (nSPS) is 11.5. The molecule has 2 aromatic carbocycles. The average Bonchev–Trinajstić information content (AvgIpc) is 2.87. The number of anilines is 1. The molecule has 0 unspecified atom stereocenters. The van der Waals surface area contributed by atoms with Crippen LogP contribution in [0.25, 0.3) is 10.9 Å². The van der Waals surface area contributed by atoms with Crippen LogP contribution in [0.3, 0.4) is 0 Å². The fourth-order valence-corrected chi connectivity index (χ4v) is 4.09. The Labute approximate surface area is 219 Å². The molecule has 0 fully saturated rings. The molecule has 0 aliphatic rings. The number of aryl methyl sites for hydroxylation is 1. The van der Waals surface area contributed by atoms with Crippen molar-refractivity contribution in [3.63, 3.8) is 0 Å². The summed E-state index contributed by atoms with van der Waals surface area (Å²) in [5.74, 6) is 0.606. The molecule has 1 amide bonds. The van der Waals surface area contributed by atoms with Gasteiger partial charge in [0.15, 0.2) is 0 Å².